The van der Waals surface area contributed by atoms with Crippen molar-refractivity contribution in [3.8, 4) is 0 Å². The highest BCUT2D eigenvalue weighted by atomic mass is 32.2. The summed E-state index contributed by atoms with van der Waals surface area (Å²) >= 11 is 0. The second kappa shape index (κ2) is 15.2. The van der Waals surface area contributed by atoms with Gasteiger partial charge in [0.25, 0.3) is 0 Å². The number of ether oxygens (including phenoxy) is 1. The highest BCUT2D eigenvalue weighted by Crippen LogP contribution is 2.29. The molecule has 14 heteroatoms. The number of aliphatic carboxylic acids is 1. The summed E-state index contributed by atoms with van der Waals surface area (Å²) in [5.41, 5.74) is 8.96. The van der Waals surface area contributed by atoms with Gasteiger partial charge >= 0.3 is 12.0 Å². The molecule has 1 aromatic carbocycles. The van der Waals surface area contributed by atoms with Crippen LogP contribution in [-0.4, -0.2) is 85.7 Å². The lowest BCUT2D eigenvalue weighted by atomic mass is 10.0. The third kappa shape index (κ3) is 9.20. The Bertz CT molecular complexity index is 1370. The normalized spacial score (nSPS) is 18.2. The lowest BCUT2D eigenvalue weighted by Crippen LogP contribution is -2.49. The molecule has 1 aliphatic heterocycles. The summed E-state index contributed by atoms with van der Waals surface area (Å²) in [6.07, 6.45) is 3.23. The number of rotatable bonds is 14. The second-order valence-electron chi connectivity index (χ2n) is 10.8. The molecule has 0 radical (unpaired) electrons. The number of carbonyl (C=O) groups excluding carboxylic acids is 2. The number of urea groups is 1. The molecule has 236 valence electrons. The fourth-order valence-corrected chi connectivity index (χ4v) is 6.88. The van der Waals surface area contributed by atoms with E-state index in [0.29, 0.717) is 29.8 Å². The number of pyridine rings is 1. The highest BCUT2D eigenvalue weighted by molar-refractivity contribution is 7.89. The molecule has 1 aromatic heterocycles. The standard InChI is InChI=1S/C29H42N6O7S/c1-5-6-10-32-29(39)35-16-21(14-24(35)26(30)22-9-7-8-11-31-22)42-17-25(36)33-15-23(28(37)38)34-43(40,41)27-19(3)12-18(2)13-20(27)4/h7-9,11-13,21,23-24,26,34H,5-6,10,14-17,30H2,1-4H3,(H,32,39)(H,33,36)(H,37,38). The van der Waals surface area contributed by atoms with Gasteiger partial charge in [-0.15, -0.1) is 0 Å². The van der Waals surface area contributed by atoms with Crippen molar-refractivity contribution in [1.82, 2.24) is 25.2 Å². The third-order valence-corrected chi connectivity index (χ3v) is 9.01. The summed E-state index contributed by atoms with van der Waals surface area (Å²) in [7, 11) is -4.19. The summed E-state index contributed by atoms with van der Waals surface area (Å²) in [6, 6.07) is 5.87. The van der Waals surface area contributed by atoms with Gasteiger partial charge in [0, 0.05) is 25.8 Å². The number of aryl methyl sites for hydroxylation is 3. The van der Waals surface area contributed by atoms with Crippen LogP contribution < -0.4 is 21.1 Å². The molecule has 0 saturated carbocycles. The maximum Gasteiger partial charge on any atom is 0.323 e. The molecule has 4 atom stereocenters. The van der Waals surface area contributed by atoms with Crippen LogP contribution in [0.15, 0.2) is 41.4 Å². The molecule has 0 spiro atoms. The highest BCUT2D eigenvalue weighted by Gasteiger charge is 2.40. The van der Waals surface area contributed by atoms with Gasteiger partial charge < -0.3 is 31.1 Å². The summed E-state index contributed by atoms with van der Waals surface area (Å²) in [5.74, 6) is -2.08. The van der Waals surface area contributed by atoms with Crippen molar-refractivity contribution in [2.45, 2.75) is 76.1 Å². The average molecular weight is 619 g/mol. The quantitative estimate of drug-likeness (QED) is 0.195. The van der Waals surface area contributed by atoms with E-state index in [1.54, 1.807) is 49.2 Å². The molecule has 0 aliphatic carbocycles. The summed E-state index contributed by atoms with van der Waals surface area (Å²) in [5, 5.41) is 15.0. The Kier molecular flexibility index (Phi) is 12.0. The van der Waals surface area contributed by atoms with Crippen LogP contribution in [0.5, 0.6) is 0 Å². The van der Waals surface area contributed by atoms with Crippen molar-refractivity contribution in [3.05, 3.63) is 58.9 Å². The molecule has 13 nitrogen and oxygen atoms in total. The number of carboxylic acids is 1. The first-order valence-electron chi connectivity index (χ1n) is 14.3. The van der Waals surface area contributed by atoms with Gasteiger partial charge in [-0.3, -0.25) is 14.6 Å². The van der Waals surface area contributed by atoms with Crippen LogP contribution in [0.2, 0.25) is 0 Å². The Balaban J connectivity index is 1.60. The molecular weight excluding hydrogens is 576 g/mol. The second-order valence-corrected chi connectivity index (χ2v) is 12.4. The van der Waals surface area contributed by atoms with Gasteiger partial charge in [-0.1, -0.05) is 37.1 Å². The minimum absolute atomic E-state index is 0.00185. The van der Waals surface area contributed by atoms with Crippen LogP contribution in [0, 0.1) is 20.8 Å². The topological polar surface area (TPSA) is 193 Å². The van der Waals surface area contributed by atoms with Gasteiger partial charge in [-0.05, 0) is 56.9 Å². The molecule has 1 fully saturated rings. The van der Waals surface area contributed by atoms with E-state index in [0.717, 1.165) is 18.4 Å². The smallest absolute Gasteiger partial charge is 0.323 e. The first-order valence-corrected chi connectivity index (χ1v) is 15.7. The fraction of sp³-hybridized carbons (Fsp3) is 0.517. The number of hydrogen-bond donors (Lipinski definition) is 5. The van der Waals surface area contributed by atoms with Crippen LogP contribution in [0.3, 0.4) is 0 Å². The number of benzene rings is 1. The average Bonchev–Trinajstić information content (AvgIpc) is 3.38. The maximum atomic E-state index is 13.0. The summed E-state index contributed by atoms with van der Waals surface area (Å²) in [6.45, 7) is 6.93. The Morgan fingerprint density at radius 2 is 1.86 bits per heavy atom. The van der Waals surface area contributed by atoms with Gasteiger partial charge in [0.15, 0.2) is 0 Å². The van der Waals surface area contributed by atoms with Crippen molar-refractivity contribution in [2.75, 3.05) is 26.2 Å². The van der Waals surface area contributed by atoms with Gasteiger partial charge in [-0.2, -0.15) is 4.72 Å². The van der Waals surface area contributed by atoms with E-state index in [1.165, 1.54) is 0 Å². The minimum atomic E-state index is -4.19. The van der Waals surface area contributed by atoms with Crippen molar-refractivity contribution in [1.29, 1.82) is 0 Å². The number of likely N-dealkylation sites (tertiary alicyclic amines) is 1. The molecule has 3 amide bonds. The van der Waals surface area contributed by atoms with Crippen molar-refractivity contribution >= 4 is 27.9 Å². The molecule has 1 saturated heterocycles. The predicted molar refractivity (Wildman–Crippen MR) is 160 cm³/mol. The van der Waals surface area contributed by atoms with E-state index in [4.69, 9.17) is 10.5 Å². The number of carboxylic acid groups (broad SMARTS) is 1. The number of unbranched alkanes of at least 4 members (excludes halogenated alkanes) is 1. The van der Waals surface area contributed by atoms with Crippen LogP contribution in [-0.2, 0) is 24.3 Å². The van der Waals surface area contributed by atoms with Crippen molar-refractivity contribution < 1.29 is 32.6 Å². The number of carbonyl (C=O) groups is 3. The lowest BCUT2D eigenvalue weighted by Gasteiger charge is -2.29. The molecule has 6 N–H and O–H groups in total. The summed E-state index contributed by atoms with van der Waals surface area (Å²) in [4.78, 5) is 43.3. The number of nitrogens with two attached hydrogens (primary N) is 1. The van der Waals surface area contributed by atoms with E-state index < -0.39 is 59.3 Å². The van der Waals surface area contributed by atoms with E-state index >= 15 is 0 Å². The molecule has 43 heavy (non-hydrogen) atoms. The number of nitrogens with zero attached hydrogens (tertiary/aromatic N) is 2. The Labute approximate surface area is 252 Å². The van der Waals surface area contributed by atoms with Gasteiger partial charge in [0.1, 0.15) is 12.6 Å². The molecule has 3 rings (SSSR count). The largest absolute Gasteiger partial charge is 0.480 e. The van der Waals surface area contributed by atoms with Gasteiger partial charge in [0.2, 0.25) is 15.9 Å². The van der Waals surface area contributed by atoms with Crippen LogP contribution in [0.25, 0.3) is 0 Å². The number of hydrogen-bond acceptors (Lipinski definition) is 8. The van der Waals surface area contributed by atoms with E-state index in [-0.39, 0.29) is 17.5 Å². The van der Waals surface area contributed by atoms with E-state index in [9.17, 15) is 27.9 Å². The van der Waals surface area contributed by atoms with Crippen molar-refractivity contribution in [2.24, 2.45) is 5.73 Å². The number of aromatic nitrogens is 1. The van der Waals surface area contributed by atoms with Crippen LogP contribution >= 0.6 is 0 Å². The Hall–Kier alpha value is -3.59. The van der Waals surface area contributed by atoms with E-state index in [1.807, 2.05) is 19.9 Å². The molecule has 1 aliphatic rings. The first-order chi connectivity index (χ1) is 20.3. The zero-order valence-electron chi connectivity index (χ0n) is 25.0. The SMILES string of the molecule is CCCCNC(=O)N1CC(OCC(=O)NCC(NS(=O)(=O)c2c(C)cc(C)cc2C)C(=O)O)CC1C(N)c1ccccn1. The first kappa shape index (κ1) is 33.9. The van der Waals surface area contributed by atoms with Gasteiger partial charge in [-0.25, -0.2) is 13.2 Å². The van der Waals surface area contributed by atoms with Crippen molar-refractivity contribution in [3.63, 3.8) is 0 Å². The summed E-state index contributed by atoms with van der Waals surface area (Å²) < 4.78 is 34.1. The minimum Gasteiger partial charge on any atom is -0.480 e. The molecule has 4 unspecified atom stereocenters. The van der Waals surface area contributed by atoms with E-state index in [2.05, 4.69) is 20.3 Å². The van der Waals surface area contributed by atoms with Crippen LogP contribution in [0.4, 0.5) is 4.79 Å². The molecular formula is C29H42N6O7S. The Morgan fingerprint density at radius 1 is 1.16 bits per heavy atom. The van der Waals surface area contributed by atoms with Gasteiger partial charge in [0.05, 0.1) is 28.8 Å². The molecule has 0 bridgehead atoms. The molecule has 2 aromatic rings. The zero-order chi connectivity index (χ0) is 31.7. The fourth-order valence-electron chi connectivity index (χ4n) is 5.24. The number of amides is 3. The third-order valence-electron chi connectivity index (χ3n) is 7.24. The lowest BCUT2D eigenvalue weighted by molar-refractivity contribution is -0.139. The predicted octanol–water partition coefficient (Wildman–Crippen LogP) is 1.52. The zero-order valence-corrected chi connectivity index (χ0v) is 25.8. The number of nitrogens with one attached hydrogen (secondary N) is 3. The van der Waals surface area contributed by atoms with Crippen LogP contribution in [0.1, 0.15) is 54.6 Å². The maximum absolute atomic E-state index is 13.0. The Morgan fingerprint density at radius 3 is 2.47 bits per heavy atom. The monoisotopic (exact) mass is 618 g/mol. The number of sulfonamides is 1. The molecule has 2 heterocycles.